The predicted molar refractivity (Wildman–Crippen MR) is 88.7 cm³/mol. The van der Waals surface area contributed by atoms with E-state index in [9.17, 15) is 4.79 Å². The smallest absolute Gasteiger partial charge is 0.234 e. The second kappa shape index (κ2) is 4.58. The van der Waals surface area contributed by atoms with E-state index in [0.717, 1.165) is 29.0 Å². The average Bonchev–Trinajstić information content (AvgIpc) is 3.15. The molecule has 1 aliphatic heterocycles. The normalized spacial score (nSPS) is 33.9. The van der Waals surface area contributed by atoms with Gasteiger partial charge in [-0.2, -0.15) is 0 Å². The van der Waals surface area contributed by atoms with Crippen molar-refractivity contribution in [2.45, 2.75) is 49.8 Å². The van der Waals surface area contributed by atoms with Gasteiger partial charge in [0.25, 0.3) is 0 Å². The molecule has 0 aromatic heterocycles. The first-order valence-corrected chi connectivity index (χ1v) is 9.01. The summed E-state index contributed by atoms with van der Waals surface area (Å²) in [6.07, 6.45) is 5.64. The Labute approximate surface area is 134 Å². The van der Waals surface area contributed by atoms with Crippen LogP contribution < -0.4 is 5.32 Å². The van der Waals surface area contributed by atoms with Crippen LogP contribution in [-0.2, 0) is 10.2 Å². The van der Waals surface area contributed by atoms with Crippen molar-refractivity contribution in [1.29, 1.82) is 0 Å². The van der Waals surface area contributed by atoms with Gasteiger partial charge in [0.2, 0.25) is 5.91 Å². The van der Waals surface area contributed by atoms with Crippen LogP contribution in [0.5, 0.6) is 0 Å². The molecule has 3 heteroatoms. The van der Waals surface area contributed by atoms with E-state index in [1.807, 2.05) is 13.8 Å². The number of hydrogen-bond donors (Lipinski definition) is 1. The molecule has 2 aliphatic carbocycles. The Morgan fingerprint density at radius 1 is 1.24 bits per heavy atom. The number of carbonyl (C=O) groups excluding carboxylic acids is 1. The first-order valence-electron chi connectivity index (χ1n) is 8.10. The van der Waals surface area contributed by atoms with Crippen molar-refractivity contribution in [2.24, 2.45) is 17.8 Å². The second-order valence-electron chi connectivity index (χ2n) is 7.48. The molecule has 0 spiro atoms. The third kappa shape index (κ3) is 2.00. The molecule has 0 bridgehead atoms. The van der Waals surface area contributed by atoms with Crippen LogP contribution in [0.4, 0.5) is 5.69 Å². The quantitative estimate of drug-likeness (QED) is 0.765. The fraction of sp³-hybridized carbons (Fsp3) is 0.611. The number of rotatable bonds is 2. The SMILES string of the molecule is CC1(C)C(=O)Nc2ccc(C(Br)C3C4CCCCC43)cc21. The van der Waals surface area contributed by atoms with Crippen LogP contribution in [0.15, 0.2) is 18.2 Å². The number of carbonyl (C=O) groups is 1. The Morgan fingerprint density at radius 3 is 2.57 bits per heavy atom. The molecule has 1 heterocycles. The lowest BCUT2D eigenvalue weighted by molar-refractivity contribution is -0.119. The first-order chi connectivity index (χ1) is 10.00. The van der Waals surface area contributed by atoms with Crippen LogP contribution in [-0.4, -0.2) is 5.91 Å². The molecule has 1 amide bonds. The van der Waals surface area contributed by atoms with E-state index in [-0.39, 0.29) is 5.91 Å². The molecular formula is C18H22BrNO. The Kier molecular flexibility index (Phi) is 3.01. The average molecular weight is 348 g/mol. The van der Waals surface area contributed by atoms with E-state index in [4.69, 9.17) is 0 Å². The summed E-state index contributed by atoms with van der Waals surface area (Å²) in [5, 5.41) is 2.99. The molecule has 1 aromatic carbocycles. The number of benzene rings is 1. The number of nitrogens with one attached hydrogen (secondary N) is 1. The van der Waals surface area contributed by atoms with E-state index in [1.165, 1.54) is 31.2 Å². The summed E-state index contributed by atoms with van der Waals surface area (Å²) in [6.45, 7) is 4.02. The van der Waals surface area contributed by atoms with E-state index >= 15 is 0 Å². The number of halogens is 1. The highest BCUT2D eigenvalue weighted by atomic mass is 79.9. The Morgan fingerprint density at radius 2 is 1.90 bits per heavy atom. The highest BCUT2D eigenvalue weighted by Crippen LogP contribution is 2.62. The fourth-order valence-electron chi connectivity index (χ4n) is 4.46. The monoisotopic (exact) mass is 347 g/mol. The maximum absolute atomic E-state index is 12.1. The van der Waals surface area contributed by atoms with Gasteiger partial charge in [-0.05, 0) is 61.6 Å². The van der Waals surface area contributed by atoms with Gasteiger partial charge in [-0.3, -0.25) is 4.79 Å². The summed E-state index contributed by atoms with van der Waals surface area (Å²) in [5.74, 6) is 2.79. The van der Waals surface area contributed by atoms with Gasteiger partial charge in [0.1, 0.15) is 0 Å². The Bertz CT molecular complexity index is 597. The van der Waals surface area contributed by atoms with Crippen LogP contribution in [0, 0.1) is 17.8 Å². The van der Waals surface area contributed by atoms with E-state index < -0.39 is 5.41 Å². The van der Waals surface area contributed by atoms with Gasteiger partial charge in [-0.1, -0.05) is 40.9 Å². The van der Waals surface area contributed by atoms with Crippen LogP contribution in [0.3, 0.4) is 0 Å². The van der Waals surface area contributed by atoms with Crippen molar-refractivity contribution in [3.8, 4) is 0 Å². The molecule has 2 fully saturated rings. The Balaban J connectivity index is 1.63. The minimum Gasteiger partial charge on any atom is -0.325 e. The summed E-state index contributed by atoms with van der Waals surface area (Å²) in [4.78, 5) is 12.5. The van der Waals surface area contributed by atoms with E-state index in [0.29, 0.717) is 4.83 Å². The van der Waals surface area contributed by atoms with Gasteiger partial charge in [0.15, 0.2) is 0 Å². The summed E-state index contributed by atoms with van der Waals surface area (Å²) in [6, 6.07) is 6.51. The fourth-order valence-corrected chi connectivity index (χ4v) is 5.53. The summed E-state index contributed by atoms with van der Waals surface area (Å²) < 4.78 is 0. The minimum atomic E-state index is -0.408. The summed E-state index contributed by atoms with van der Waals surface area (Å²) in [5.41, 5.74) is 3.08. The molecule has 4 rings (SSSR count). The maximum Gasteiger partial charge on any atom is 0.234 e. The molecule has 21 heavy (non-hydrogen) atoms. The minimum absolute atomic E-state index is 0.112. The maximum atomic E-state index is 12.1. The topological polar surface area (TPSA) is 29.1 Å². The summed E-state index contributed by atoms with van der Waals surface area (Å²) >= 11 is 3.96. The van der Waals surface area contributed by atoms with Crippen LogP contribution in [0.2, 0.25) is 0 Å². The van der Waals surface area contributed by atoms with E-state index in [1.54, 1.807) is 0 Å². The number of amides is 1. The molecule has 3 aliphatic rings. The van der Waals surface area contributed by atoms with E-state index in [2.05, 4.69) is 39.4 Å². The molecule has 1 aromatic rings. The lowest BCUT2D eigenvalue weighted by atomic mass is 9.85. The van der Waals surface area contributed by atoms with Crippen LogP contribution >= 0.6 is 15.9 Å². The predicted octanol–water partition coefficient (Wildman–Crippen LogP) is 4.79. The molecule has 2 nitrogen and oxygen atoms in total. The van der Waals surface area contributed by atoms with Crippen molar-refractivity contribution in [1.82, 2.24) is 0 Å². The van der Waals surface area contributed by atoms with Gasteiger partial charge < -0.3 is 5.32 Å². The molecule has 3 atom stereocenters. The molecule has 2 saturated carbocycles. The lowest BCUT2D eigenvalue weighted by Gasteiger charge is -2.17. The van der Waals surface area contributed by atoms with Gasteiger partial charge in [0.05, 0.1) is 5.41 Å². The third-order valence-corrected chi connectivity index (χ3v) is 7.05. The molecular weight excluding hydrogens is 326 g/mol. The van der Waals surface area contributed by atoms with Crippen molar-refractivity contribution >= 4 is 27.5 Å². The lowest BCUT2D eigenvalue weighted by Crippen LogP contribution is -2.26. The Hall–Kier alpha value is -0.830. The van der Waals surface area contributed by atoms with Crippen LogP contribution in [0.25, 0.3) is 0 Å². The first kappa shape index (κ1) is 13.8. The number of anilines is 1. The van der Waals surface area contributed by atoms with Crippen molar-refractivity contribution < 1.29 is 4.79 Å². The molecule has 0 saturated heterocycles. The third-order valence-electron chi connectivity index (χ3n) is 5.91. The standard InChI is InChI=1S/C18H22BrNO/c1-18(2)13-9-10(7-8-14(13)20-17(18)21)16(19)15-11-5-3-4-6-12(11)15/h7-9,11-12,15-16H,3-6H2,1-2H3,(H,20,21). The van der Waals surface area contributed by atoms with Crippen molar-refractivity contribution in [3.63, 3.8) is 0 Å². The number of hydrogen-bond acceptors (Lipinski definition) is 1. The zero-order chi connectivity index (χ0) is 14.8. The second-order valence-corrected chi connectivity index (χ2v) is 8.46. The van der Waals surface area contributed by atoms with Gasteiger partial charge in [-0.15, -0.1) is 0 Å². The van der Waals surface area contributed by atoms with Gasteiger partial charge in [-0.25, -0.2) is 0 Å². The van der Waals surface area contributed by atoms with Crippen molar-refractivity contribution in [3.05, 3.63) is 29.3 Å². The zero-order valence-electron chi connectivity index (χ0n) is 12.7. The molecule has 0 radical (unpaired) electrons. The zero-order valence-corrected chi connectivity index (χ0v) is 14.2. The molecule has 3 unspecified atom stereocenters. The number of alkyl halides is 1. The molecule has 1 N–H and O–H groups in total. The highest BCUT2D eigenvalue weighted by Gasteiger charge is 2.54. The molecule has 112 valence electrons. The largest absolute Gasteiger partial charge is 0.325 e. The number of fused-ring (bicyclic) bond motifs is 2. The highest BCUT2D eigenvalue weighted by molar-refractivity contribution is 9.09. The van der Waals surface area contributed by atoms with Gasteiger partial charge >= 0.3 is 0 Å². The summed E-state index contributed by atoms with van der Waals surface area (Å²) in [7, 11) is 0. The van der Waals surface area contributed by atoms with Crippen LogP contribution in [0.1, 0.15) is 55.5 Å². The van der Waals surface area contributed by atoms with Crippen molar-refractivity contribution in [2.75, 3.05) is 5.32 Å². The van der Waals surface area contributed by atoms with Gasteiger partial charge in [0, 0.05) is 10.5 Å².